The molecule has 0 bridgehead atoms. The third-order valence-corrected chi connectivity index (χ3v) is 8.62. The summed E-state index contributed by atoms with van der Waals surface area (Å²) in [5.74, 6) is -0.902. The smallest absolute Gasteiger partial charge is 0.305 e. The molecule has 2 unspecified atom stereocenters. The number of hydrogen-bond donors (Lipinski definition) is 3. The van der Waals surface area contributed by atoms with Gasteiger partial charge in [0.15, 0.2) is 0 Å². The van der Waals surface area contributed by atoms with Crippen LogP contribution in [0.5, 0.6) is 0 Å². The van der Waals surface area contributed by atoms with E-state index in [1.54, 1.807) is 0 Å². The molecule has 0 aromatic heterocycles. The molecule has 0 saturated carbocycles. The van der Waals surface area contributed by atoms with Gasteiger partial charge in [0.05, 0.1) is 13.2 Å². The molecule has 0 aromatic carbocycles. The summed E-state index contributed by atoms with van der Waals surface area (Å²) in [6.07, 6.45) is 23.6. The third kappa shape index (κ3) is 34.3. The van der Waals surface area contributed by atoms with E-state index in [0.29, 0.717) is 12.8 Å². The summed E-state index contributed by atoms with van der Waals surface area (Å²) in [7, 11) is -4.83. The summed E-state index contributed by atoms with van der Waals surface area (Å²) in [4.78, 5) is 35.7. The Morgan fingerprint density at radius 2 is 0.783 bits per heavy atom. The molecule has 6 N–H and O–H groups in total. The average molecular weight is 684 g/mol. The summed E-state index contributed by atoms with van der Waals surface area (Å²) in [6, 6.07) is 0. The zero-order valence-electron chi connectivity index (χ0n) is 29.6. The first-order chi connectivity index (χ1) is 21.7. The van der Waals surface area contributed by atoms with Crippen molar-refractivity contribution in [2.75, 3.05) is 26.4 Å². The number of phosphoric ester groups is 1. The molecule has 0 aromatic rings. The molecule has 0 aliphatic rings. The van der Waals surface area contributed by atoms with Crippen molar-refractivity contribution in [1.29, 1.82) is 0 Å². The number of quaternary nitrogens is 1. The van der Waals surface area contributed by atoms with Gasteiger partial charge in [-0.05, 0) is 12.8 Å². The van der Waals surface area contributed by atoms with Crippen molar-refractivity contribution in [2.24, 2.45) is 0 Å². The Bertz CT molecular complexity index is 687. The quantitative estimate of drug-likeness (QED) is 0.0340. The lowest BCUT2D eigenvalue weighted by Crippen LogP contribution is -2.27. The molecule has 0 heterocycles. The zero-order valence-corrected chi connectivity index (χ0v) is 30.5. The van der Waals surface area contributed by atoms with Crippen molar-refractivity contribution < 1.29 is 47.8 Å². The van der Waals surface area contributed by atoms with Gasteiger partial charge in [-0.2, -0.15) is 0 Å². The number of esters is 2. The van der Waals surface area contributed by atoms with Crippen molar-refractivity contribution in [1.82, 2.24) is 6.15 Å². The normalized spacial score (nSPS) is 13.8. The number of carbonyl (C=O) groups excluding carboxylic acids is 2. The summed E-state index contributed by atoms with van der Waals surface area (Å²) in [5.41, 5.74) is 0. The van der Waals surface area contributed by atoms with Gasteiger partial charge in [0.2, 0.25) is 0 Å². The second-order valence-electron chi connectivity index (χ2n) is 12.3. The van der Waals surface area contributed by atoms with Gasteiger partial charge in [0, 0.05) is 12.8 Å². The molecule has 0 amide bonds. The molecule has 46 heavy (non-hydrogen) atoms. The van der Waals surface area contributed by atoms with E-state index in [4.69, 9.17) is 9.47 Å². The lowest BCUT2D eigenvalue weighted by molar-refractivity contribution is -0.229. The van der Waals surface area contributed by atoms with Crippen LogP contribution in [0.2, 0.25) is 0 Å². The third-order valence-electron chi connectivity index (χ3n) is 7.69. The number of phosphoric acid groups is 1. The second kappa shape index (κ2) is 33.8. The Kier molecular flexibility index (Phi) is 34.6. The van der Waals surface area contributed by atoms with Crippen molar-refractivity contribution in [2.45, 2.75) is 180 Å². The SMILES string of the molecule is CCCCCCCCCCCCCC(=O)OCC(O)COP(=O)([O-])OCC(O)COC(=O)CCCCCCCCCCCCC.[NH4+]. The Morgan fingerprint density at radius 3 is 1.07 bits per heavy atom. The Morgan fingerprint density at radius 1 is 0.522 bits per heavy atom. The van der Waals surface area contributed by atoms with Crippen molar-refractivity contribution >= 4 is 19.8 Å². The minimum atomic E-state index is -4.83. The van der Waals surface area contributed by atoms with Crippen LogP contribution in [0.15, 0.2) is 0 Å². The molecular weight excluding hydrogens is 613 g/mol. The summed E-state index contributed by atoms with van der Waals surface area (Å²) in [5, 5.41) is 19.8. The molecular formula is C34H70NO10P. The van der Waals surface area contributed by atoms with E-state index in [1.165, 1.54) is 89.9 Å². The summed E-state index contributed by atoms with van der Waals surface area (Å²) >= 11 is 0. The number of aliphatic hydroxyl groups excluding tert-OH is 2. The minimum absolute atomic E-state index is 0. The average Bonchev–Trinajstić information content (AvgIpc) is 3.02. The second-order valence-corrected chi connectivity index (χ2v) is 13.7. The van der Waals surface area contributed by atoms with Gasteiger partial charge in [-0.1, -0.05) is 142 Å². The van der Waals surface area contributed by atoms with Gasteiger partial charge in [-0.25, -0.2) is 0 Å². The largest absolute Gasteiger partial charge is 0.756 e. The maximum Gasteiger partial charge on any atom is 0.305 e. The van der Waals surface area contributed by atoms with Crippen molar-refractivity contribution in [3.05, 3.63) is 0 Å². The van der Waals surface area contributed by atoms with E-state index in [2.05, 4.69) is 22.9 Å². The Balaban J connectivity index is 0. The predicted octanol–water partition coefficient (Wildman–Crippen LogP) is 8.07. The summed E-state index contributed by atoms with van der Waals surface area (Å²) < 4.78 is 31.1. The van der Waals surface area contributed by atoms with Gasteiger partial charge in [-0.15, -0.1) is 0 Å². The fraction of sp³-hybridized carbons (Fsp3) is 0.941. The maximum atomic E-state index is 11.9. The highest BCUT2D eigenvalue weighted by Gasteiger charge is 2.18. The molecule has 0 aliphatic heterocycles. The van der Waals surface area contributed by atoms with Gasteiger partial charge in [0.1, 0.15) is 25.4 Å². The van der Waals surface area contributed by atoms with E-state index < -0.39 is 58.4 Å². The molecule has 12 heteroatoms. The van der Waals surface area contributed by atoms with Crippen LogP contribution in [-0.2, 0) is 32.7 Å². The molecule has 0 fully saturated rings. The van der Waals surface area contributed by atoms with Gasteiger partial charge >= 0.3 is 11.9 Å². The number of rotatable bonds is 34. The van der Waals surface area contributed by atoms with Crippen LogP contribution in [0.4, 0.5) is 0 Å². The molecule has 0 radical (unpaired) electrons. The van der Waals surface area contributed by atoms with Crippen molar-refractivity contribution in [3.8, 4) is 0 Å². The van der Waals surface area contributed by atoms with E-state index in [-0.39, 0.29) is 19.0 Å². The highest BCUT2D eigenvalue weighted by molar-refractivity contribution is 7.45. The first kappa shape index (κ1) is 47.0. The predicted molar refractivity (Wildman–Crippen MR) is 182 cm³/mol. The molecule has 0 aliphatic carbocycles. The van der Waals surface area contributed by atoms with Crippen molar-refractivity contribution in [3.63, 3.8) is 0 Å². The van der Waals surface area contributed by atoms with Crippen LogP contribution in [0, 0.1) is 0 Å². The highest BCUT2D eigenvalue weighted by atomic mass is 31.2. The molecule has 276 valence electrons. The van der Waals surface area contributed by atoms with Crippen LogP contribution in [0.25, 0.3) is 0 Å². The molecule has 0 rings (SSSR count). The molecule has 2 atom stereocenters. The van der Waals surface area contributed by atoms with Crippen LogP contribution < -0.4 is 11.0 Å². The Hall–Kier alpha value is -1.07. The zero-order chi connectivity index (χ0) is 33.4. The maximum absolute atomic E-state index is 11.9. The first-order valence-corrected chi connectivity index (χ1v) is 19.4. The fourth-order valence-electron chi connectivity index (χ4n) is 4.88. The lowest BCUT2D eigenvalue weighted by atomic mass is 10.1. The fourth-order valence-corrected chi connectivity index (χ4v) is 5.66. The monoisotopic (exact) mass is 683 g/mol. The summed E-state index contributed by atoms with van der Waals surface area (Å²) in [6.45, 7) is 2.33. The van der Waals surface area contributed by atoms with Gasteiger partial charge in [0.25, 0.3) is 7.82 Å². The lowest BCUT2D eigenvalue weighted by Gasteiger charge is -2.25. The highest BCUT2D eigenvalue weighted by Crippen LogP contribution is 2.38. The van der Waals surface area contributed by atoms with E-state index in [9.17, 15) is 29.3 Å². The van der Waals surface area contributed by atoms with E-state index in [1.807, 2.05) is 0 Å². The first-order valence-electron chi connectivity index (χ1n) is 18.0. The molecule has 0 saturated heterocycles. The number of unbranched alkanes of at least 4 members (excludes halogenated alkanes) is 20. The van der Waals surface area contributed by atoms with Crippen LogP contribution in [-0.4, -0.2) is 60.8 Å². The number of aliphatic hydroxyl groups is 2. The van der Waals surface area contributed by atoms with E-state index >= 15 is 0 Å². The van der Waals surface area contributed by atoms with Crippen LogP contribution in [0.3, 0.4) is 0 Å². The topological polar surface area (TPSA) is 188 Å². The minimum Gasteiger partial charge on any atom is -0.756 e. The van der Waals surface area contributed by atoms with Crippen LogP contribution >= 0.6 is 7.82 Å². The molecule has 0 spiro atoms. The number of ether oxygens (including phenoxy) is 2. The van der Waals surface area contributed by atoms with Gasteiger partial charge in [-0.3, -0.25) is 14.2 Å². The standard InChI is InChI=1S/C34H67O10P.H3N/c1-3-5-7-9-11-13-15-17-19-21-23-25-33(37)41-27-31(35)29-43-45(39,40)44-30-32(36)28-42-34(38)26-24-22-20-18-16-14-12-10-8-6-4-2;/h31-32,35-36H,3-30H2,1-2H3,(H,39,40);1H3. The van der Waals surface area contributed by atoms with Crippen LogP contribution in [0.1, 0.15) is 168 Å². The number of carbonyl (C=O) groups is 2. The van der Waals surface area contributed by atoms with E-state index in [0.717, 1.165) is 38.5 Å². The molecule has 11 nitrogen and oxygen atoms in total. The number of hydrogen-bond acceptors (Lipinski definition) is 10. The van der Waals surface area contributed by atoms with Gasteiger partial charge < -0.3 is 39.8 Å². The Labute approximate surface area is 280 Å².